The number of rotatable bonds is 11. The normalized spacial score (nSPS) is 14.2. The van der Waals surface area contributed by atoms with Gasteiger partial charge in [0.25, 0.3) is 0 Å². The molecule has 1 aromatic carbocycles. The van der Waals surface area contributed by atoms with Gasteiger partial charge in [-0.05, 0) is 31.8 Å². The summed E-state index contributed by atoms with van der Waals surface area (Å²) in [4.78, 5) is 11.9. The second-order valence-electron chi connectivity index (χ2n) is 9.79. The summed E-state index contributed by atoms with van der Waals surface area (Å²) >= 11 is 0. The predicted octanol–water partition coefficient (Wildman–Crippen LogP) is 5.37. The number of hydrogen-bond donors (Lipinski definition) is 2. The van der Waals surface area contributed by atoms with E-state index in [1.165, 1.54) is 19.3 Å². The Bertz CT molecular complexity index is 1260. The zero-order chi connectivity index (χ0) is 25.5. The molecule has 4 heterocycles. The summed E-state index contributed by atoms with van der Waals surface area (Å²) in [6.45, 7) is 8.02. The third kappa shape index (κ3) is 6.95. The van der Waals surface area contributed by atoms with Crippen molar-refractivity contribution >= 4 is 11.6 Å². The molecule has 1 saturated heterocycles. The van der Waals surface area contributed by atoms with Crippen LogP contribution in [-0.2, 0) is 12.8 Å². The fraction of sp³-hybridized carbons (Fsp3) is 0.429. The number of H-pyrrole nitrogens is 1. The molecular weight excluding hydrogens is 466 g/mol. The van der Waals surface area contributed by atoms with Gasteiger partial charge >= 0.3 is 0 Å². The van der Waals surface area contributed by atoms with E-state index in [4.69, 9.17) is 19.2 Å². The van der Waals surface area contributed by atoms with Gasteiger partial charge < -0.3 is 14.6 Å². The van der Waals surface area contributed by atoms with E-state index in [1.54, 1.807) is 0 Å². The van der Waals surface area contributed by atoms with Gasteiger partial charge in [-0.25, -0.2) is 4.98 Å². The lowest BCUT2D eigenvalue weighted by Gasteiger charge is -2.26. The van der Waals surface area contributed by atoms with Gasteiger partial charge in [-0.2, -0.15) is 10.1 Å². The highest BCUT2D eigenvalue weighted by Crippen LogP contribution is 2.23. The molecule has 0 amide bonds. The molecule has 0 saturated carbocycles. The van der Waals surface area contributed by atoms with Crippen LogP contribution in [0.4, 0.5) is 11.6 Å². The van der Waals surface area contributed by atoms with Crippen LogP contribution in [0.1, 0.15) is 56.3 Å². The molecule has 5 rings (SSSR count). The third-order valence-corrected chi connectivity index (χ3v) is 6.53. The van der Waals surface area contributed by atoms with Gasteiger partial charge in [0, 0.05) is 43.1 Å². The minimum absolute atomic E-state index is 0.337. The smallest absolute Gasteiger partial charge is 0.218 e. The first-order valence-corrected chi connectivity index (χ1v) is 13.2. The molecule has 0 radical (unpaired) electrons. The fourth-order valence-electron chi connectivity index (χ4n) is 4.43. The Hall–Kier alpha value is -3.72. The molecule has 0 aliphatic carbocycles. The summed E-state index contributed by atoms with van der Waals surface area (Å²) in [5.74, 6) is 3.83. The first kappa shape index (κ1) is 25.0. The fourth-order valence-corrected chi connectivity index (χ4v) is 4.43. The maximum Gasteiger partial charge on any atom is 0.218 e. The van der Waals surface area contributed by atoms with Gasteiger partial charge in [0.05, 0.1) is 5.69 Å². The van der Waals surface area contributed by atoms with Crippen molar-refractivity contribution in [3.05, 3.63) is 65.8 Å². The summed E-state index contributed by atoms with van der Waals surface area (Å²) in [7, 11) is 0. The van der Waals surface area contributed by atoms with Gasteiger partial charge in [0.15, 0.2) is 0 Å². The maximum atomic E-state index is 6.09. The predicted molar refractivity (Wildman–Crippen MR) is 143 cm³/mol. The van der Waals surface area contributed by atoms with Gasteiger partial charge in [0.1, 0.15) is 35.5 Å². The Morgan fingerprint density at radius 2 is 1.86 bits per heavy atom. The quantitative estimate of drug-likeness (QED) is 0.283. The highest BCUT2D eigenvalue weighted by molar-refractivity contribution is 5.58. The van der Waals surface area contributed by atoms with Gasteiger partial charge in [-0.3, -0.25) is 10.00 Å². The van der Waals surface area contributed by atoms with E-state index in [2.05, 4.69) is 39.4 Å². The maximum absolute atomic E-state index is 6.09. The lowest BCUT2D eigenvalue weighted by atomic mass is 10.1. The molecule has 37 heavy (non-hydrogen) atoms. The Labute approximate surface area is 217 Å². The number of nitrogens with one attached hydrogen (secondary N) is 2. The van der Waals surface area contributed by atoms with Crippen molar-refractivity contribution in [1.82, 2.24) is 30.2 Å². The SMILES string of the molecule is CC(C)c1cc(Nc2cc(OCCN3CCCCC3)nc(CCc3cc(-c4ccccc4)no3)n2)[nH]n1. The number of aryl methyl sites for hydroxylation is 2. The van der Waals surface area contributed by atoms with Crippen molar-refractivity contribution in [3.63, 3.8) is 0 Å². The van der Waals surface area contributed by atoms with Crippen LogP contribution in [0.25, 0.3) is 11.3 Å². The second kappa shape index (κ2) is 12.0. The lowest BCUT2D eigenvalue weighted by Crippen LogP contribution is -2.33. The van der Waals surface area contributed by atoms with E-state index in [0.29, 0.717) is 42.9 Å². The Kier molecular flexibility index (Phi) is 8.10. The first-order chi connectivity index (χ1) is 18.1. The molecule has 1 aliphatic rings. The second-order valence-corrected chi connectivity index (χ2v) is 9.79. The molecule has 0 spiro atoms. The molecule has 194 valence electrons. The molecule has 2 N–H and O–H groups in total. The third-order valence-electron chi connectivity index (χ3n) is 6.53. The summed E-state index contributed by atoms with van der Waals surface area (Å²) in [5.41, 5.74) is 2.85. The highest BCUT2D eigenvalue weighted by Gasteiger charge is 2.13. The monoisotopic (exact) mass is 501 g/mol. The number of ether oxygens (including phenoxy) is 1. The van der Waals surface area contributed by atoms with Crippen LogP contribution >= 0.6 is 0 Å². The molecule has 4 aromatic rings. The van der Waals surface area contributed by atoms with Crippen molar-refractivity contribution in [2.75, 3.05) is 31.6 Å². The van der Waals surface area contributed by atoms with E-state index in [1.807, 2.05) is 48.5 Å². The number of hydrogen-bond acceptors (Lipinski definition) is 8. The van der Waals surface area contributed by atoms with E-state index in [0.717, 1.165) is 48.2 Å². The molecule has 1 aliphatic heterocycles. The number of aromatic amines is 1. The summed E-state index contributed by atoms with van der Waals surface area (Å²) in [6.07, 6.45) is 5.09. The van der Waals surface area contributed by atoms with Crippen LogP contribution in [0.3, 0.4) is 0 Å². The van der Waals surface area contributed by atoms with Crippen LogP contribution in [-0.4, -0.2) is 56.5 Å². The molecular formula is C28H35N7O2. The summed E-state index contributed by atoms with van der Waals surface area (Å²) in [6, 6.07) is 15.8. The molecule has 9 nitrogen and oxygen atoms in total. The molecule has 0 unspecified atom stereocenters. The van der Waals surface area contributed by atoms with Crippen LogP contribution in [0.5, 0.6) is 5.88 Å². The van der Waals surface area contributed by atoms with Gasteiger partial charge in [-0.1, -0.05) is 55.8 Å². The number of anilines is 2. The Balaban J connectivity index is 1.27. The van der Waals surface area contributed by atoms with Crippen molar-refractivity contribution in [3.8, 4) is 17.1 Å². The minimum atomic E-state index is 0.337. The zero-order valence-electron chi connectivity index (χ0n) is 21.6. The largest absolute Gasteiger partial charge is 0.476 e. The van der Waals surface area contributed by atoms with Crippen molar-refractivity contribution in [1.29, 1.82) is 0 Å². The minimum Gasteiger partial charge on any atom is -0.476 e. The van der Waals surface area contributed by atoms with Crippen LogP contribution in [0, 0.1) is 0 Å². The summed E-state index contributed by atoms with van der Waals surface area (Å²) < 4.78 is 11.7. The van der Waals surface area contributed by atoms with Crippen molar-refractivity contribution < 1.29 is 9.26 Å². The number of nitrogens with zero attached hydrogens (tertiary/aromatic N) is 5. The average molecular weight is 502 g/mol. The van der Waals surface area contributed by atoms with Gasteiger partial charge in [0.2, 0.25) is 5.88 Å². The number of likely N-dealkylation sites (tertiary alicyclic amines) is 1. The van der Waals surface area contributed by atoms with Crippen LogP contribution in [0.15, 0.2) is 53.1 Å². The van der Waals surface area contributed by atoms with E-state index in [9.17, 15) is 0 Å². The number of aromatic nitrogens is 5. The average Bonchev–Trinajstić information content (AvgIpc) is 3.59. The van der Waals surface area contributed by atoms with E-state index in [-0.39, 0.29) is 0 Å². The number of piperidine rings is 1. The van der Waals surface area contributed by atoms with Crippen LogP contribution in [0.2, 0.25) is 0 Å². The highest BCUT2D eigenvalue weighted by atomic mass is 16.5. The Morgan fingerprint density at radius 1 is 1.03 bits per heavy atom. The standard InChI is InChI=1S/C28H35N7O2/c1-20(2)23-18-27(33-32-23)30-26-19-28(36-16-15-35-13-7-4-8-14-35)31-25(29-26)12-11-22-17-24(34-37-22)21-9-5-3-6-10-21/h3,5-6,9-10,17-20H,4,7-8,11-16H2,1-2H3,(H2,29,30,31,32,33). The number of benzene rings is 1. The molecule has 9 heteroatoms. The van der Waals surface area contributed by atoms with E-state index >= 15 is 0 Å². The first-order valence-electron chi connectivity index (χ1n) is 13.2. The molecule has 0 atom stereocenters. The Morgan fingerprint density at radius 3 is 2.65 bits per heavy atom. The van der Waals surface area contributed by atoms with E-state index < -0.39 is 0 Å². The lowest BCUT2D eigenvalue weighted by molar-refractivity contribution is 0.180. The molecule has 0 bridgehead atoms. The summed E-state index contributed by atoms with van der Waals surface area (Å²) in [5, 5.41) is 15.0. The molecule has 3 aromatic heterocycles. The zero-order valence-corrected chi connectivity index (χ0v) is 21.6. The topological polar surface area (TPSA) is 105 Å². The van der Waals surface area contributed by atoms with Gasteiger partial charge in [-0.15, -0.1) is 0 Å². The van der Waals surface area contributed by atoms with Crippen LogP contribution < -0.4 is 10.1 Å². The van der Waals surface area contributed by atoms with Crippen molar-refractivity contribution in [2.45, 2.75) is 51.9 Å². The molecule has 1 fully saturated rings. The van der Waals surface area contributed by atoms with Crippen molar-refractivity contribution in [2.24, 2.45) is 0 Å².